The van der Waals surface area contributed by atoms with E-state index < -0.39 is 11.7 Å². The highest BCUT2D eigenvalue weighted by Gasteiger charge is 2.39. The minimum Gasteiger partial charge on any atom is -0.444 e. The summed E-state index contributed by atoms with van der Waals surface area (Å²) in [6, 6.07) is -0.242. The van der Waals surface area contributed by atoms with E-state index in [1.54, 1.807) is 7.11 Å². The molecule has 1 fully saturated rings. The van der Waals surface area contributed by atoms with Gasteiger partial charge in [-0.25, -0.2) is 4.79 Å². The van der Waals surface area contributed by atoms with E-state index in [1.165, 1.54) is 17.3 Å². The predicted octanol–water partition coefficient (Wildman–Crippen LogP) is 7.01. The molecule has 1 aliphatic rings. The number of hydrogen-bond acceptors (Lipinski definition) is 5. The Hall–Kier alpha value is -1.79. The number of ether oxygens (including phenoxy) is 2. The number of nitrogens with one attached hydrogen (secondary N) is 1. The number of carbonyl (C=O) groups excluding carboxylic acids is 2. The predicted molar refractivity (Wildman–Crippen MR) is 144 cm³/mol. The Balaban J connectivity index is 2.46. The third-order valence-electron chi connectivity index (χ3n) is 5.53. The van der Waals surface area contributed by atoms with Crippen molar-refractivity contribution in [1.82, 2.24) is 5.32 Å². The van der Waals surface area contributed by atoms with E-state index in [0.717, 1.165) is 38.5 Å². The van der Waals surface area contributed by atoms with E-state index in [9.17, 15) is 9.59 Å². The molecule has 0 spiro atoms. The van der Waals surface area contributed by atoms with Crippen molar-refractivity contribution in [3.8, 4) is 0 Å². The van der Waals surface area contributed by atoms with E-state index >= 15 is 0 Å². The van der Waals surface area contributed by atoms with Crippen LogP contribution in [-0.4, -0.2) is 41.8 Å². The summed E-state index contributed by atoms with van der Waals surface area (Å²) >= 11 is 1.31. The van der Waals surface area contributed by atoms with Gasteiger partial charge in [0.25, 0.3) is 0 Å². The molecule has 0 aromatic rings. The molecule has 4 atom stereocenters. The average molecular weight is 492 g/mol. The smallest absolute Gasteiger partial charge is 0.408 e. The standard InChI is InChI=1S/C28H45NO4S/c1-8-14-24(32-7)18-17-21(2)15-12-10-9-11-13-16-23(29-27(31)33-28(4,5)6)20-34-26(30)25-19-22(25)3/h8,10,12-13,15-16,22-25H,1,9,11,14,17-20H2,2-7H3,(H,29,31)/b12-10+,16-13-,21-15+/t22-,23+,24-,25+/m0/s1. The highest BCUT2D eigenvalue weighted by Crippen LogP contribution is 2.41. The Morgan fingerprint density at radius 3 is 2.50 bits per heavy atom. The van der Waals surface area contributed by atoms with Crippen molar-refractivity contribution >= 4 is 23.0 Å². The van der Waals surface area contributed by atoms with Crippen molar-refractivity contribution in [1.29, 1.82) is 0 Å². The van der Waals surface area contributed by atoms with Gasteiger partial charge in [0.05, 0.1) is 12.1 Å². The Kier molecular flexibility index (Phi) is 14.2. The molecule has 0 aliphatic heterocycles. The first kappa shape index (κ1) is 30.2. The lowest BCUT2D eigenvalue weighted by molar-refractivity contribution is -0.112. The summed E-state index contributed by atoms with van der Waals surface area (Å²) in [4.78, 5) is 24.4. The summed E-state index contributed by atoms with van der Waals surface area (Å²) in [6.45, 7) is 13.5. The molecule has 0 bridgehead atoms. The second-order valence-electron chi connectivity index (χ2n) is 10.1. The van der Waals surface area contributed by atoms with E-state index in [0.29, 0.717) is 11.7 Å². The fourth-order valence-corrected chi connectivity index (χ4v) is 4.39. The van der Waals surface area contributed by atoms with Crippen molar-refractivity contribution in [2.75, 3.05) is 12.9 Å². The Bertz CT molecular complexity index is 735. The Morgan fingerprint density at radius 2 is 1.91 bits per heavy atom. The zero-order chi connectivity index (χ0) is 25.6. The van der Waals surface area contributed by atoms with Crippen molar-refractivity contribution in [3.05, 3.63) is 48.6 Å². The van der Waals surface area contributed by atoms with Gasteiger partial charge >= 0.3 is 6.09 Å². The molecule has 5 nitrogen and oxygen atoms in total. The fourth-order valence-electron chi connectivity index (χ4n) is 3.31. The van der Waals surface area contributed by atoms with Crippen LogP contribution in [0.2, 0.25) is 0 Å². The molecule has 0 heterocycles. The number of alkyl carbamates (subject to hydrolysis) is 1. The molecule has 1 aliphatic carbocycles. The number of amides is 1. The van der Waals surface area contributed by atoms with Crippen LogP contribution in [0.4, 0.5) is 4.79 Å². The molecular formula is C28H45NO4S. The van der Waals surface area contributed by atoms with Crippen LogP contribution < -0.4 is 5.32 Å². The van der Waals surface area contributed by atoms with Crippen LogP contribution >= 0.6 is 11.8 Å². The van der Waals surface area contributed by atoms with Gasteiger partial charge in [0.15, 0.2) is 5.12 Å². The second kappa shape index (κ2) is 16.0. The van der Waals surface area contributed by atoms with Gasteiger partial charge in [0.2, 0.25) is 0 Å². The fraction of sp³-hybridized carbons (Fsp3) is 0.643. The van der Waals surface area contributed by atoms with Crippen LogP contribution in [-0.2, 0) is 14.3 Å². The monoisotopic (exact) mass is 491 g/mol. The lowest BCUT2D eigenvalue weighted by atomic mass is 10.1. The molecule has 192 valence electrons. The van der Waals surface area contributed by atoms with Gasteiger partial charge < -0.3 is 14.8 Å². The maximum Gasteiger partial charge on any atom is 0.408 e. The third-order valence-corrected chi connectivity index (χ3v) is 6.64. The molecule has 0 aromatic heterocycles. The van der Waals surface area contributed by atoms with Gasteiger partial charge in [-0.2, -0.15) is 0 Å². The number of unbranched alkanes of at least 4 members (excludes halogenated alkanes) is 1. The summed E-state index contributed by atoms with van der Waals surface area (Å²) in [7, 11) is 1.75. The summed E-state index contributed by atoms with van der Waals surface area (Å²) in [5.41, 5.74) is 0.767. The molecule has 1 saturated carbocycles. The maximum atomic E-state index is 12.2. The third kappa shape index (κ3) is 14.5. The Labute approximate surface area is 211 Å². The van der Waals surface area contributed by atoms with Gasteiger partial charge in [-0.3, -0.25) is 4.79 Å². The lowest BCUT2D eigenvalue weighted by Crippen LogP contribution is -2.39. The van der Waals surface area contributed by atoms with E-state index in [-0.39, 0.29) is 23.2 Å². The summed E-state index contributed by atoms with van der Waals surface area (Å²) in [6.07, 6.45) is 17.7. The average Bonchev–Trinajstić information content (AvgIpc) is 3.49. The first-order chi connectivity index (χ1) is 16.1. The largest absolute Gasteiger partial charge is 0.444 e. The topological polar surface area (TPSA) is 64.6 Å². The molecule has 0 saturated heterocycles. The van der Waals surface area contributed by atoms with E-state index in [1.807, 2.05) is 32.9 Å². The van der Waals surface area contributed by atoms with E-state index in [4.69, 9.17) is 9.47 Å². The number of carbonyl (C=O) groups is 2. The maximum absolute atomic E-state index is 12.2. The zero-order valence-corrected chi connectivity index (χ0v) is 22.8. The first-order valence-corrected chi connectivity index (χ1v) is 13.3. The number of rotatable bonds is 15. The molecule has 1 rings (SSSR count). The number of hydrogen-bond donors (Lipinski definition) is 1. The zero-order valence-electron chi connectivity index (χ0n) is 22.0. The van der Waals surface area contributed by atoms with Crippen molar-refractivity contribution < 1.29 is 19.1 Å². The van der Waals surface area contributed by atoms with Crippen LogP contribution in [0.1, 0.15) is 73.1 Å². The lowest BCUT2D eigenvalue weighted by Gasteiger charge is -2.22. The highest BCUT2D eigenvalue weighted by molar-refractivity contribution is 8.13. The summed E-state index contributed by atoms with van der Waals surface area (Å²) in [5, 5.41) is 3.11. The van der Waals surface area contributed by atoms with E-state index in [2.05, 4.69) is 50.0 Å². The van der Waals surface area contributed by atoms with Crippen LogP contribution in [0.3, 0.4) is 0 Å². The van der Waals surface area contributed by atoms with Crippen LogP contribution in [0.5, 0.6) is 0 Å². The minimum atomic E-state index is -0.558. The minimum absolute atomic E-state index is 0.181. The number of allylic oxidation sites excluding steroid dienone is 5. The molecule has 6 heteroatoms. The van der Waals surface area contributed by atoms with Gasteiger partial charge in [-0.15, -0.1) is 6.58 Å². The molecular weight excluding hydrogens is 446 g/mol. The second-order valence-corrected chi connectivity index (χ2v) is 11.1. The van der Waals surface area contributed by atoms with Crippen LogP contribution in [0, 0.1) is 11.8 Å². The number of methoxy groups -OCH3 is 1. The molecule has 0 radical (unpaired) electrons. The molecule has 1 amide bonds. The number of thioether (sulfide) groups is 1. The first-order valence-electron chi connectivity index (χ1n) is 12.3. The molecule has 1 N–H and O–H groups in total. The summed E-state index contributed by atoms with van der Waals surface area (Å²) in [5.74, 6) is 1.19. The highest BCUT2D eigenvalue weighted by atomic mass is 32.2. The SMILES string of the molecule is C=CC[C@@H](CC/C(C)=C/C=C/CC/C=C\[C@H](CSC(=O)[C@@H]1C[C@@H]1C)NC(=O)OC(C)(C)C)OC. The molecule has 0 unspecified atom stereocenters. The summed E-state index contributed by atoms with van der Waals surface area (Å²) < 4.78 is 10.8. The van der Waals surface area contributed by atoms with Crippen LogP contribution in [0.25, 0.3) is 0 Å². The van der Waals surface area contributed by atoms with Gasteiger partial charge in [-0.05, 0) is 72.1 Å². The van der Waals surface area contributed by atoms with Gasteiger partial charge in [0, 0.05) is 18.8 Å². The van der Waals surface area contributed by atoms with Gasteiger partial charge in [0.1, 0.15) is 5.60 Å². The quantitative estimate of drug-likeness (QED) is 0.152. The molecule has 34 heavy (non-hydrogen) atoms. The van der Waals surface area contributed by atoms with Crippen molar-refractivity contribution in [2.24, 2.45) is 11.8 Å². The normalized spacial score (nSPS) is 20.4. The Morgan fingerprint density at radius 1 is 1.24 bits per heavy atom. The van der Waals surface area contributed by atoms with Gasteiger partial charge in [-0.1, -0.05) is 60.7 Å². The van der Waals surface area contributed by atoms with Crippen molar-refractivity contribution in [2.45, 2.75) is 90.9 Å². The molecule has 0 aromatic carbocycles. The van der Waals surface area contributed by atoms with Crippen molar-refractivity contribution in [3.63, 3.8) is 0 Å². The van der Waals surface area contributed by atoms with Crippen LogP contribution in [0.15, 0.2) is 48.6 Å².